The lowest BCUT2D eigenvalue weighted by atomic mass is 9.98. The highest BCUT2D eigenvalue weighted by molar-refractivity contribution is 6.00. The lowest BCUT2D eigenvalue weighted by Crippen LogP contribution is -2.14. The highest BCUT2D eigenvalue weighted by Gasteiger charge is 2.17. The molecule has 1 rings (SSSR count). The highest BCUT2D eigenvalue weighted by atomic mass is 16.1. The van der Waals surface area contributed by atoms with E-state index in [4.69, 9.17) is 5.73 Å². The maximum atomic E-state index is 11.8. The van der Waals surface area contributed by atoms with Gasteiger partial charge in [-0.15, -0.1) is 0 Å². The Morgan fingerprint density at radius 3 is 2.93 bits per heavy atom. The predicted molar refractivity (Wildman–Crippen MR) is 57.1 cm³/mol. The van der Waals surface area contributed by atoms with Crippen LogP contribution in [0, 0.1) is 5.92 Å². The van der Waals surface area contributed by atoms with Crippen LogP contribution in [0.15, 0.2) is 18.3 Å². The summed E-state index contributed by atoms with van der Waals surface area (Å²) in [6, 6.07) is 3.44. The number of nitrogen functional groups attached to an aromatic ring is 1. The molecule has 0 radical (unpaired) electrons. The SMILES string of the molecule is CCCC(C)C(=O)c1ncccc1N. The first-order chi connectivity index (χ1) is 6.66. The largest absolute Gasteiger partial charge is 0.397 e. The van der Waals surface area contributed by atoms with E-state index in [2.05, 4.69) is 11.9 Å². The zero-order valence-electron chi connectivity index (χ0n) is 8.66. The smallest absolute Gasteiger partial charge is 0.186 e. The molecule has 1 heterocycles. The van der Waals surface area contributed by atoms with E-state index in [1.54, 1.807) is 18.3 Å². The Labute approximate surface area is 84.3 Å². The van der Waals surface area contributed by atoms with E-state index >= 15 is 0 Å². The van der Waals surface area contributed by atoms with Gasteiger partial charge in [-0.05, 0) is 18.6 Å². The van der Waals surface area contributed by atoms with E-state index in [9.17, 15) is 4.79 Å². The fourth-order valence-corrected chi connectivity index (χ4v) is 1.42. The molecule has 1 aromatic rings. The molecule has 0 amide bonds. The summed E-state index contributed by atoms with van der Waals surface area (Å²) >= 11 is 0. The van der Waals surface area contributed by atoms with E-state index in [0.717, 1.165) is 12.8 Å². The number of ketones is 1. The third kappa shape index (κ3) is 2.31. The standard InChI is InChI=1S/C11H16N2O/c1-3-5-8(2)11(14)10-9(12)6-4-7-13-10/h4,6-8H,3,5,12H2,1-2H3. The van der Waals surface area contributed by atoms with E-state index in [0.29, 0.717) is 11.4 Å². The minimum Gasteiger partial charge on any atom is -0.397 e. The number of nitrogens with two attached hydrogens (primary N) is 1. The Morgan fingerprint density at radius 2 is 2.36 bits per heavy atom. The van der Waals surface area contributed by atoms with Gasteiger partial charge >= 0.3 is 0 Å². The molecule has 1 aromatic heterocycles. The third-order valence-electron chi connectivity index (χ3n) is 2.24. The molecule has 0 spiro atoms. The van der Waals surface area contributed by atoms with Crippen LogP contribution in [0.4, 0.5) is 5.69 Å². The minimum atomic E-state index is 0.0113. The zero-order valence-corrected chi connectivity index (χ0v) is 8.66. The van der Waals surface area contributed by atoms with E-state index in [-0.39, 0.29) is 11.7 Å². The summed E-state index contributed by atoms with van der Waals surface area (Å²) in [6.45, 7) is 3.98. The van der Waals surface area contributed by atoms with Crippen molar-refractivity contribution in [3.8, 4) is 0 Å². The fraction of sp³-hybridized carbons (Fsp3) is 0.455. The van der Waals surface area contributed by atoms with Gasteiger partial charge in [-0.1, -0.05) is 20.3 Å². The van der Waals surface area contributed by atoms with Crippen LogP contribution in [-0.4, -0.2) is 10.8 Å². The van der Waals surface area contributed by atoms with E-state index < -0.39 is 0 Å². The topological polar surface area (TPSA) is 56.0 Å². The van der Waals surface area contributed by atoms with Crippen LogP contribution < -0.4 is 5.73 Å². The van der Waals surface area contributed by atoms with Crippen molar-refractivity contribution in [3.63, 3.8) is 0 Å². The predicted octanol–water partition coefficient (Wildman–Crippen LogP) is 2.28. The maximum absolute atomic E-state index is 11.8. The van der Waals surface area contributed by atoms with Crippen LogP contribution in [-0.2, 0) is 0 Å². The lowest BCUT2D eigenvalue weighted by molar-refractivity contribution is 0.0919. The molecule has 0 fully saturated rings. The highest BCUT2D eigenvalue weighted by Crippen LogP contribution is 2.16. The van der Waals surface area contributed by atoms with Crippen molar-refractivity contribution in [1.29, 1.82) is 0 Å². The number of carbonyl (C=O) groups is 1. The van der Waals surface area contributed by atoms with Crippen molar-refractivity contribution in [3.05, 3.63) is 24.0 Å². The third-order valence-corrected chi connectivity index (χ3v) is 2.24. The summed E-state index contributed by atoms with van der Waals surface area (Å²) < 4.78 is 0. The molecular weight excluding hydrogens is 176 g/mol. The van der Waals surface area contributed by atoms with Crippen molar-refractivity contribution >= 4 is 11.5 Å². The average Bonchev–Trinajstić information content (AvgIpc) is 2.18. The Balaban J connectivity index is 2.84. The van der Waals surface area contributed by atoms with Crippen LogP contribution in [0.1, 0.15) is 37.2 Å². The molecule has 0 aliphatic carbocycles. The van der Waals surface area contributed by atoms with Gasteiger partial charge in [-0.3, -0.25) is 9.78 Å². The molecule has 3 nitrogen and oxygen atoms in total. The molecule has 0 bridgehead atoms. The number of nitrogens with zero attached hydrogens (tertiary/aromatic N) is 1. The minimum absolute atomic E-state index is 0.0113. The Morgan fingerprint density at radius 1 is 1.64 bits per heavy atom. The molecule has 0 aliphatic rings. The molecule has 1 atom stereocenters. The molecular formula is C11H16N2O. The number of rotatable bonds is 4. The number of hydrogen-bond acceptors (Lipinski definition) is 3. The maximum Gasteiger partial charge on any atom is 0.186 e. The summed E-state index contributed by atoms with van der Waals surface area (Å²) in [5.74, 6) is 0.0575. The molecule has 0 saturated carbocycles. The van der Waals surface area contributed by atoms with Crippen LogP contribution in [0.2, 0.25) is 0 Å². The van der Waals surface area contributed by atoms with Crippen molar-refractivity contribution in [2.45, 2.75) is 26.7 Å². The molecule has 0 saturated heterocycles. The first-order valence-corrected chi connectivity index (χ1v) is 4.91. The molecule has 14 heavy (non-hydrogen) atoms. The van der Waals surface area contributed by atoms with Gasteiger partial charge in [-0.2, -0.15) is 0 Å². The molecule has 3 heteroatoms. The summed E-state index contributed by atoms with van der Waals surface area (Å²) in [5.41, 5.74) is 6.56. The molecule has 1 unspecified atom stereocenters. The van der Waals surface area contributed by atoms with Gasteiger partial charge < -0.3 is 5.73 Å². The first kappa shape index (κ1) is 10.7. The number of Topliss-reactive ketones (excluding diaryl/α,β-unsaturated/α-hetero) is 1. The number of pyridine rings is 1. The number of hydrogen-bond donors (Lipinski definition) is 1. The van der Waals surface area contributed by atoms with Gasteiger partial charge in [0, 0.05) is 12.1 Å². The summed E-state index contributed by atoms with van der Waals surface area (Å²) in [4.78, 5) is 15.8. The van der Waals surface area contributed by atoms with Crippen molar-refractivity contribution in [2.75, 3.05) is 5.73 Å². The van der Waals surface area contributed by atoms with Gasteiger partial charge in [0.2, 0.25) is 0 Å². The Bertz CT molecular complexity index is 323. The normalized spacial score (nSPS) is 12.4. The second-order valence-electron chi connectivity index (χ2n) is 3.50. The second kappa shape index (κ2) is 4.74. The monoisotopic (exact) mass is 192 g/mol. The van der Waals surface area contributed by atoms with E-state index in [1.165, 1.54) is 0 Å². The van der Waals surface area contributed by atoms with Crippen molar-refractivity contribution < 1.29 is 4.79 Å². The van der Waals surface area contributed by atoms with Gasteiger partial charge in [-0.25, -0.2) is 0 Å². The Kier molecular flexibility index (Phi) is 3.63. The van der Waals surface area contributed by atoms with Crippen LogP contribution in [0.3, 0.4) is 0 Å². The van der Waals surface area contributed by atoms with E-state index in [1.807, 2.05) is 6.92 Å². The van der Waals surface area contributed by atoms with Crippen LogP contribution in [0.25, 0.3) is 0 Å². The quantitative estimate of drug-likeness (QED) is 0.744. The van der Waals surface area contributed by atoms with Crippen molar-refractivity contribution in [2.24, 2.45) is 5.92 Å². The summed E-state index contributed by atoms with van der Waals surface area (Å²) in [7, 11) is 0. The Hall–Kier alpha value is -1.38. The number of carbonyl (C=O) groups excluding carboxylic acids is 1. The van der Waals surface area contributed by atoms with Gasteiger partial charge in [0.15, 0.2) is 5.78 Å². The fourth-order valence-electron chi connectivity index (χ4n) is 1.42. The number of aromatic nitrogens is 1. The van der Waals surface area contributed by atoms with Gasteiger partial charge in [0.1, 0.15) is 5.69 Å². The molecule has 0 aromatic carbocycles. The average molecular weight is 192 g/mol. The molecule has 0 aliphatic heterocycles. The molecule has 76 valence electrons. The van der Waals surface area contributed by atoms with Gasteiger partial charge in [0.25, 0.3) is 0 Å². The number of anilines is 1. The lowest BCUT2D eigenvalue weighted by Gasteiger charge is -2.09. The van der Waals surface area contributed by atoms with Crippen molar-refractivity contribution in [1.82, 2.24) is 4.98 Å². The second-order valence-corrected chi connectivity index (χ2v) is 3.50. The molecule has 2 N–H and O–H groups in total. The first-order valence-electron chi connectivity index (χ1n) is 4.91. The van der Waals surface area contributed by atoms with Crippen LogP contribution in [0.5, 0.6) is 0 Å². The summed E-state index contributed by atoms with van der Waals surface area (Å²) in [6.07, 6.45) is 3.48. The summed E-state index contributed by atoms with van der Waals surface area (Å²) in [5, 5.41) is 0. The zero-order chi connectivity index (χ0) is 10.6. The van der Waals surface area contributed by atoms with Crippen LogP contribution >= 0.6 is 0 Å². The van der Waals surface area contributed by atoms with Gasteiger partial charge in [0.05, 0.1) is 5.69 Å².